The van der Waals surface area contributed by atoms with Gasteiger partial charge in [-0.2, -0.15) is 0 Å². The van der Waals surface area contributed by atoms with Gasteiger partial charge in [-0.25, -0.2) is 0 Å². The van der Waals surface area contributed by atoms with E-state index in [4.69, 9.17) is 0 Å². The first kappa shape index (κ1) is 17.5. The van der Waals surface area contributed by atoms with Crippen LogP contribution in [0.1, 0.15) is 45.1 Å². The molecule has 1 amide bonds. The lowest BCUT2D eigenvalue weighted by molar-refractivity contribution is -0.124. The SMILES string of the molecule is C=C1CCCC2(C)C=C3C(=C(C)C(=O)N3CCc3c[nH]c4ccccc34)CC12. The monoisotopic (exact) mass is 372 g/mol. The van der Waals surface area contributed by atoms with Crippen molar-refractivity contribution < 1.29 is 4.79 Å². The van der Waals surface area contributed by atoms with Crippen LogP contribution in [-0.2, 0) is 11.2 Å². The van der Waals surface area contributed by atoms with Crippen LogP contribution >= 0.6 is 0 Å². The van der Waals surface area contributed by atoms with E-state index in [0.29, 0.717) is 5.92 Å². The van der Waals surface area contributed by atoms with Gasteiger partial charge >= 0.3 is 0 Å². The molecule has 1 saturated carbocycles. The Balaban J connectivity index is 1.45. The van der Waals surface area contributed by atoms with Crippen molar-refractivity contribution >= 4 is 16.8 Å². The number of hydrogen-bond donors (Lipinski definition) is 1. The summed E-state index contributed by atoms with van der Waals surface area (Å²) < 4.78 is 0. The number of amides is 1. The van der Waals surface area contributed by atoms with Crippen molar-refractivity contribution in [2.45, 2.75) is 46.0 Å². The van der Waals surface area contributed by atoms with Gasteiger partial charge in [-0.1, -0.05) is 43.4 Å². The largest absolute Gasteiger partial charge is 0.361 e. The first-order valence-electron chi connectivity index (χ1n) is 10.5. The minimum atomic E-state index is 0.137. The highest BCUT2D eigenvalue weighted by Crippen LogP contribution is 2.54. The molecule has 0 saturated heterocycles. The van der Waals surface area contributed by atoms with Crippen LogP contribution in [-0.4, -0.2) is 22.3 Å². The fourth-order valence-corrected chi connectivity index (χ4v) is 5.59. The zero-order valence-electron chi connectivity index (χ0n) is 16.8. The lowest BCUT2D eigenvalue weighted by atomic mass is 9.60. The van der Waals surface area contributed by atoms with Crippen LogP contribution in [0.15, 0.2) is 65.5 Å². The van der Waals surface area contributed by atoms with Gasteiger partial charge in [0.15, 0.2) is 0 Å². The van der Waals surface area contributed by atoms with Crippen molar-refractivity contribution in [3.05, 3.63) is 71.1 Å². The van der Waals surface area contributed by atoms with Gasteiger partial charge in [0.2, 0.25) is 0 Å². The molecule has 1 aromatic heterocycles. The third-order valence-electron chi connectivity index (χ3n) is 7.28. The second kappa shape index (κ2) is 6.23. The van der Waals surface area contributed by atoms with Crippen LogP contribution in [0.5, 0.6) is 0 Å². The molecule has 28 heavy (non-hydrogen) atoms. The van der Waals surface area contributed by atoms with E-state index >= 15 is 0 Å². The summed E-state index contributed by atoms with van der Waals surface area (Å²) in [6.07, 6.45) is 9.86. The quantitative estimate of drug-likeness (QED) is 0.708. The van der Waals surface area contributed by atoms with Crippen molar-refractivity contribution in [3.8, 4) is 0 Å². The lowest BCUT2D eigenvalue weighted by Crippen LogP contribution is -2.37. The molecule has 2 unspecified atom stereocenters. The highest BCUT2D eigenvalue weighted by atomic mass is 16.2. The van der Waals surface area contributed by atoms with E-state index in [1.165, 1.54) is 40.6 Å². The molecule has 144 valence electrons. The van der Waals surface area contributed by atoms with E-state index in [-0.39, 0.29) is 11.3 Å². The van der Waals surface area contributed by atoms with Gasteiger partial charge in [0.1, 0.15) is 0 Å². The Labute approximate surface area is 166 Å². The van der Waals surface area contributed by atoms with E-state index in [0.717, 1.165) is 36.9 Å². The minimum Gasteiger partial charge on any atom is -0.361 e. The molecule has 5 rings (SSSR count). The summed E-state index contributed by atoms with van der Waals surface area (Å²) in [7, 11) is 0. The number of nitrogens with zero attached hydrogens (tertiary/aromatic N) is 1. The first-order valence-corrected chi connectivity index (χ1v) is 10.5. The predicted octanol–water partition coefficient (Wildman–Crippen LogP) is 5.52. The Bertz CT molecular complexity index is 1050. The molecule has 2 aliphatic carbocycles. The molecule has 2 heterocycles. The van der Waals surface area contributed by atoms with Gasteiger partial charge in [-0.15, -0.1) is 0 Å². The molecule has 3 heteroatoms. The zero-order chi connectivity index (χ0) is 19.5. The van der Waals surface area contributed by atoms with Crippen molar-refractivity contribution in [2.75, 3.05) is 6.54 Å². The number of para-hydroxylation sites is 1. The number of aromatic amines is 1. The highest BCUT2D eigenvalue weighted by molar-refractivity contribution is 6.00. The number of carbonyl (C=O) groups is 1. The zero-order valence-corrected chi connectivity index (χ0v) is 16.8. The standard InChI is InChI=1S/C25H28N2O/c1-16-7-6-11-25(3)14-23-20(13-21(16)25)17(2)24(28)27(23)12-10-18-15-26-22-9-5-4-8-19(18)22/h4-5,8-9,14-15,21,26H,1,6-7,10-13H2,2-3H3. The fraction of sp³-hybridized carbons (Fsp3) is 0.400. The van der Waals surface area contributed by atoms with Gasteiger partial charge in [-0.3, -0.25) is 4.79 Å². The molecular weight excluding hydrogens is 344 g/mol. The van der Waals surface area contributed by atoms with Crippen LogP contribution in [0, 0.1) is 11.3 Å². The van der Waals surface area contributed by atoms with Crippen molar-refractivity contribution in [3.63, 3.8) is 0 Å². The Morgan fingerprint density at radius 2 is 2.14 bits per heavy atom. The molecule has 1 aromatic carbocycles. The maximum absolute atomic E-state index is 13.1. The van der Waals surface area contributed by atoms with Crippen LogP contribution in [0.4, 0.5) is 0 Å². The van der Waals surface area contributed by atoms with Crippen LogP contribution in [0.2, 0.25) is 0 Å². The Morgan fingerprint density at radius 1 is 1.32 bits per heavy atom. The second-order valence-corrected chi connectivity index (χ2v) is 8.97. The smallest absolute Gasteiger partial charge is 0.254 e. The molecule has 3 aliphatic rings. The van der Waals surface area contributed by atoms with E-state index in [9.17, 15) is 4.79 Å². The molecule has 1 N–H and O–H groups in total. The topological polar surface area (TPSA) is 36.1 Å². The molecular formula is C25H28N2O. The number of H-pyrrole nitrogens is 1. The second-order valence-electron chi connectivity index (χ2n) is 8.97. The molecule has 0 spiro atoms. The van der Waals surface area contributed by atoms with Gasteiger partial charge in [0.05, 0.1) is 0 Å². The van der Waals surface area contributed by atoms with E-state index in [1.807, 2.05) is 17.9 Å². The molecule has 2 atom stereocenters. The normalized spacial score (nSPS) is 27.3. The Morgan fingerprint density at radius 3 is 3.00 bits per heavy atom. The summed E-state index contributed by atoms with van der Waals surface area (Å²) in [4.78, 5) is 18.5. The third-order valence-corrected chi connectivity index (χ3v) is 7.28. The van der Waals surface area contributed by atoms with E-state index in [1.54, 1.807) is 0 Å². The van der Waals surface area contributed by atoms with Crippen molar-refractivity contribution in [1.82, 2.24) is 9.88 Å². The number of rotatable bonds is 3. The van der Waals surface area contributed by atoms with Gasteiger partial charge in [0.25, 0.3) is 5.91 Å². The minimum absolute atomic E-state index is 0.137. The summed E-state index contributed by atoms with van der Waals surface area (Å²) in [5, 5.41) is 1.26. The fourth-order valence-electron chi connectivity index (χ4n) is 5.59. The highest BCUT2D eigenvalue weighted by Gasteiger charge is 2.45. The maximum Gasteiger partial charge on any atom is 0.254 e. The van der Waals surface area contributed by atoms with Crippen LogP contribution < -0.4 is 0 Å². The summed E-state index contributed by atoms with van der Waals surface area (Å²) in [5.74, 6) is 0.672. The molecule has 1 fully saturated rings. The number of allylic oxidation sites excluding steroid dienone is 3. The van der Waals surface area contributed by atoms with Crippen LogP contribution in [0.3, 0.4) is 0 Å². The van der Waals surface area contributed by atoms with Crippen molar-refractivity contribution in [1.29, 1.82) is 0 Å². The number of nitrogens with one attached hydrogen (secondary N) is 1. The average molecular weight is 373 g/mol. The van der Waals surface area contributed by atoms with Gasteiger partial charge < -0.3 is 9.88 Å². The summed E-state index contributed by atoms with van der Waals surface area (Å²) >= 11 is 0. The third kappa shape index (κ3) is 2.52. The predicted molar refractivity (Wildman–Crippen MR) is 114 cm³/mol. The number of benzene rings is 1. The Kier molecular flexibility index (Phi) is 3.90. The number of hydrogen-bond acceptors (Lipinski definition) is 1. The maximum atomic E-state index is 13.1. The summed E-state index contributed by atoms with van der Waals surface area (Å²) in [6, 6.07) is 8.38. The summed E-state index contributed by atoms with van der Waals surface area (Å²) in [5.41, 5.74) is 7.32. The average Bonchev–Trinajstić information content (AvgIpc) is 3.19. The molecule has 3 nitrogen and oxygen atoms in total. The summed E-state index contributed by atoms with van der Waals surface area (Å²) in [6.45, 7) is 9.47. The molecule has 2 aromatic rings. The van der Waals surface area contributed by atoms with E-state index < -0.39 is 0 Å². The van der Waals surface area contributed by atoms with Gasteiger partial charge in [-0.05, 0) is 67.6 Å². The Hall–Kier alpha value is -2.55. The number of carbonyl (C=O) groups excluding carboxylic acids is 1. The molecule has 0 radical (unpaired) electrons. The number of fused-ring (bicyclic) bond motifs is 3. The van der Waals surface area contributed by atoms with Crippen molar-refractivity contribution in [2.24, 2.45) is 11.3 Å². The van der Waals surface area contributed by atoms with E-state index in [2.05, 4.69) is 49.0 Å². The molecule has 0 bridgehead atoms. The van der Waals surface area contributed by atoms with Crippen LogP contribution in [0.25, 0.3) is 10.9 Å². The lowest BCUT2D eigenvalue weighted by Gasteiger charge is -2.45. The van der Waals surface area contributed by atoms with Gasteiger partial charge in [0, 0.05) is 34.9 Å². The first-order chi connectivity index (χ1) is 13.5. The number of aromatic nitrogens is 1. The molecule has 1 aliphatic heterocycles.